The van der Waals surface area contributed by atoms with E-state index in [2.05, 4.69) is 0 Å². The van der Waals surface area contributed by atoms with Crippen LogP contribution in [0, 0.1) is 18.6 Å². The SMILES string of the molecule is CCc1occc1C(Cl)c1cc(F)c(C)cc1F. The van der Waals surface area contributed by atoms with Crippen LogP contribution in [0.1, 0.15) is 34.8 Å². The maximum Gasteiger partial charge on any atom is 0.128 e. The lowest BCUT2D eigenvalue weighted by molar-refractivity contribution is 0.511. The van der Waals surface area contributed by atoms with Crippen LogP contribution < -0.4 is 0 Å². The zero-order valence-corrected chi connectivity index (χ0v) is 10.9. The molecule has 18 heavy (non-hydrogen) atoms. The maximum atomic E-state index is 13.8. The molecule has 0 radical (unpaired) electrons. The minimum Gasteiger partial charge on any atom is -0.469 e. The maximum absolute atomic E-state index is 13.8. The first-order chi connectivity index (χ1) is 8.54. The third-order valence-corrected chi connectivity index (χ3v) is 3.40. The number of rotatable bonds is 3. The molecule has 0 amide bonds. The minimum atomic E-state index is -0.742. The number of hydrogen-bond donors (Lipinski definition) is 0. The van der Waals surface area contributed by atoms with Gasteiger partial charge in [-0.1, -0.05) is 6.92 Å². The van der Waals surface area contributed by atoms with Gasteiger partial charge in [-0.2, -0.15) is 0 Å². The number of benzene rings is 1. The molecule has 0 fully saturated rings. The average molecular weight is 271 g/mol. The number of halogens is 3. The third kappa shape index (κ3) is 2.27. The third-order valence-electron chi connectivity index (χ3n) is 2.93. The molecular formula is C14H13ClF2O. The first-order valence-corrected chi connectivity index (χ1v) is 6.14. The zero-order chi connectivity index (χ0) is 13.3. The number of aryl methyl sites for hydroxylation is 2. The number of hydrogen-bond acceptors (Lipinski definition) is 1. The lowest BCUT2D eigenvalue weighted by atomic mass is 10.0. The van der Waals surface area contributed by atoms with E-state index in [4.69, 9.17) is 16.0 Å². The van der Waals surface area contributed by atoms with Crippen LogP contribution in [0.25, 0.3) is 0 Å². The van der Waals surface area contributed by atoms with Gasteiger partial charge in [0.25, 0.3) is 0 Å². The van der Waals surface area contributed by atoms with Crippen LogP contribution in [0.3, 0.4) is 0 Å². The Morgan fingerprint density at radius 3 is 2.61 bits per heavy atom. The van der Waals surface area contributed by atoms with Gasteiger partial charge < -0.3 is 4.42 Å². The Bertz CT molecular complexity index is 563. The molecule has 1 nitrogen and oxygen atoms in total. The van der Waals surface area contributed by atoms with Crippen molar-refractivity contribution in [3.63, 3.8) is 0 Å². The van der Waals surface area contributed by atoms with Crippen molar-refractivity contribution in [1.82, 2.24) is 0 Å². The second-order valence-electron chi connectivity index (χ2n) is 4.14. The Morgan fingerprint density at radius 2 is 1.94 bits per heavy atom. The summed E-state index contributed by atoms with van der Waals surface area (Å²) in [5.41, 5.74) is 1.08. The molecule has 0 spiro atoms. The standard InChI is InChI=1S/C14H13ClF2O/c1-3-13-9(4-5-18-13)14(15)10-7-11(16)8(2)6-12(10)17/h4-7,14H,3H2,1-2H3. The highest BCUT2D eigenvalue weighted by Crippen LogP contribution is 2.34. The molecule has 0 saturated heterocycles. The molecule has 1 atom stereocenters. The fourth-order valence-electron chi connectivity index (χ4n) is 1.89. The summed E-state index contributed by atoms with van der Waals surface area (Å²) in [5.74, 6) is -0.272. The van der Waals surface area contributed by atoms with Gasteiger partial charge in [-0.3, -0.25) is 0 Å². The Labute approximate surface area is 109 Å². The molecular weight excluding hydrogens is 258 g/mol. The second-order valence-corrected chi connectivity index (χ2v) is 4.57. The van der Waals surface area contributed by atoms with E-state index in [9.17, 15) is 8.78 Å². The average Bonchev–Trinajstić information content (AvgIpc) is 2.81. The predicted molar refractivity (Wildman–Crippen MR) is 66.9 cm³/mol. The monoisotopic (exact) mass is 270 g/mol. The molecule has 1 aromatic carbocycles. The summed E-state index contributed by atoms with van der Waals surface area (Å²) in [5, 5.41) is -0.742. The molecule has 2 aromatic rings. The molecule has 0 aliphatic carbocycles. The Hall–Kier alpha value is -1.35. The molecule has 1 aromatic heterocycles. The van der Waals surface area contributed by atoms with Crippen molar-refractivity contribution in [2.75, 3.05) is 0 Å². The van der Waals surface area contributed by atoms with Crippen LogP contribution in [0.2, 0.25) is 0 Å². The lowest BCUT2D eigenvalue weighted by Crippen LogP contribution is -2.01. The van der Waals surface area contributed by atoms with Crippen LogP contribution >= 0.6 is 11.6 Å². The molecule has 1 unspecified atom stereocenters. The Morgan fingerprint density at radius 1 is 1.22 bits per heavy atom. The van der Waals surface area contributed by atoms with Crippen molar-refractivity contribution in [2.24, 2.45) is 0 Å². The summed E-state index contributed by atoms with van der Waals surface area (Å²) in [6, 6.07) is 3.99. The quantitative estimate of drug-likeness (QED) is 0.733. The van der Waals surface area contributed by atoms with E-state index in [1.165, 1.54) is 13.2 Å². The van der Waals surface area contributed by atoms with E-state index < -0.39 is 17.0 Å². The molecule has 4 heteroatoms. The molecule has 0 bridgehead atoms. The van der Waals surface area contributed by atoms with Crippen molar-refractivity contribution < 1.29 is 13.2 Å². The topological polar surface area (TPSA) is 13.1 Å². The first-order valence-electron chi connectivity index (χ1n) is 5.70. The lowest BCUT2D eigenvalue weighted by Gasteiger charge is -2.12. The largest absolute Gasteiger partial charge is 0.469 e. The van der Waals surface area contributed by atoms with Crippen LogP contribution in [-0.4, -0.2) is 0 Å². The van der Waals surface area contributed by atoms with Crippen LogP contribution in [0.15, 0.2) is 28.9 Å². The van der Waals surface area contributed by atoms with Gasteiger partial charge in [-0.05, 0) is 30.7 Å². The van der Waals surface area contributed by atoms with Crippen LogP contribution in [0.4, 0.5) is 8.78 Å². The molecule has 0 saturated carbocycles. The van der Waals surface area contributed by atoms with Gasteiger partial charge >= 0.3 is 0 Å². The molecule has 1 heterocycles. The minimum absolute atomic E-state index is 0.135. The van der Waals surface area contributed by atoms with Crippen molar-refractivity contribution in [1.29, 1.82) is 0 Å². The fraction of sp³-hybridized carbons (Fsp3) is 0.286. The van der Waals surface area contributed by atoms with Gasteiger partial charge in [0.05, 0.1) is 11.6 Å². The van der Waals surface area contributed by atoms with Gasteiger partial charge in [0.15, 0.2) is 0 Å². The van der Waals surface area contributed by atoms with Crippen molar-refractivity contribution in [2.45, 2.75) is 25.6 Å². The second kappa shape index (κ2) is 5.11. The predicted octanol–water partition coefficient (Wildman–Crippen LogP) is 4.76. The number of furan rings is 1. The highest BCUT2D eigenvalue weighted by Gasteiger charge is 2.21. The van der Waals surface area contributed by atoms with Gasteiger partial charge in [0.1, 0.15) is 17.4 Å². The Balaban J connectivity index is 2.46. The van der Waals surface area contributed by atoms with Gasteiger partial charge in [-0.25, -0.2) is 8.78 Å². The van der Waals surface area contributed by atoms with Crippen LogP contribution in [-0.2, 0) is 6.42 Å². The van der Waals surface area contributed by atoms with E-state index >= 15 is 0 Å². The van der Waals surface area contributed by atoms with Crippen molar-refractivity contribution >= 4 is 11.6 Å². The van der Waals surface area contributed by atoms with Crippen LogP contribution in [0.5, 0.6) is 0 Å². The summed E-state index contributed by atoms with van der Waals surface area (Å²) in [6.07, 6.45) is 2.16. The van der Waals surface area contributed by atoms with Crippen molar-refractivity contribution in [3.8, 4) is 0 Å². The highest BCUT2D eigenvalue weighted by molar-refractivity contribution is 6.22. The summed E-state index contributed by atoms with van der Waals surface area (Å²) < 4.78 is 32.6. The zero-order valence-electron chi connectivity index (χ0n) is 10.1. The Kier molecular flexibility index (Phi) is 3.71. The van der Waals surface area contributed by atoms with E-state index in [0.29, 0.717) is 17.7 Å². The molecule has 2 rings (SSSR count). The summed E-state index contributed by atoms with van der Waals surface area (Å²) in [4.78, 5) is 0. The van der Waals surface area contributed by atoms with E-state index in [-0.39, 0.29) is 11.1 Å². The summed E-state index contributed by atoms with van der Waals surface area (Å²) in [6.45, 7) is 3.43. The van der Waals surface area contributed by atoms with Gasteiger partial charge in [0.2, 0.25) is 0 Å². The van der Waals surface area contributed by atoms with E-state index in [0.717, 1.165) is 12.1 Å². The van der Waals surface area contributed by atoms with Gasteiger partial charge in [-0.15, -0.1) is 11.6 Å². The smallest absolute Gasteiger partial charge is 0.128 e. The normalized spacial score (nSPS) is 12.7. The molecule has 0 aliphatic rings. The van der Waals surface area contributed by atoms with E-state index in [1.807, 2.05) is 6.92 Å². The fourth-order valence-corrected chi connectivity index (χ4v) is 2.25. The van der Waals surface area contributed by atoms with Gasteiger partial charge in [0, 0.05) is 17.5 Å². The van der Waals surface area contributed by atoms with Crippen molar-refractivity contribution in [3.05, 3.63) is 58.5 Å². The highest BCUT2D eigenvalue weighted by atomic mass is 35.5. The summed E-state index contributed by atoms with van der Waals surface area (Å²) in [7, 11) is 0. The first kappa shape index (κ1) is 13.1. The van der Waals surface area contributed by atoms with E-state index in [1.54, 1.807) is 6.07 Å². The molecule has 0 aliphatic heterocycles. The molecule has 0 N–H and O–H groups in total. The molecule has 96 valence electrons. The summed E-state index contributed by atoms with van der Waals surface area (Å²) >= 11 is 6.22. The number of alkyl halides is 1.